The first-order valence-electron chi connectivity index (χ1n) is 13.9. The molecule has 13 nitrogen and oxygen atoms in total. The summed E-state index contributed by atoms with van der Waals surface area (Å²) < 4.78 is 7.58. The average Bonchev–Trinajstić information content (AvgIpc) is 3.60. The molecule has 0 bridgehead atoms. The van der Waals surface area contributed by atoms with Gasteiger partial charge in [0.25, 0.3) is 5.69 Å². The lowest BCUT2D eigenvalue weighted by molar-refractivity contribution is -0.384. The highest BCUT2D eigenvalue weighted by Gasteiger charge is 2.30. The summed E-state index contributed by atoms with van der Waals surface area (Å²) >= 11 is 0. The summed E-state index contributed by atoms with van der Waals surface area (Å²) in [5.41, 5.74) is 10.1. The van der Waals surface area contributed by atoms with Gasteiger partial charge in [0.1, 0.15) is 17.8 Å². The molecule has 7 rings (SSSR count). The molecular formula is C28H30N10O3. The van der Waals surface area contributed by atoms with Gasteiger partial charge in [0.2, 0.25) is 0 Å². The van der Waals surface area contributed by atoms with Crippen molar-refractivity contribution in [2.24, 2.45) is 0 Å². The molecule has 0 radical (unpaired) electrons. The van der Waals surface area contributed by atoms with E-state index in [1.165, 1.54) is 18.5 Å². The van der Waals surface area contributed by atoms with Gasteiger partial charge in [-0.15, -0.1) is 0 Å². The third-order valence-electron chi connectivity index (χ3n) is 8.25. The van der Waals surface area contributed by atoms with Crippen molar-refractivity contribution in [1.29, 1.82) is 0 Å². The number of nitrogen functional groups attached to an aromatic ring is 1. The molecule has 2 aliphatic rings. The van der Waals surface area contributed by atoms with E-state index in [1.54, 1.807) is 12.1 Å². The number of nitrogens with two attached hydrogens (primary N) is 1. The van der Waals surface area contributed by atoms with Crippen molar-refractivity contribution >= 4 is 44.9 Å². The number of H-pyrrole nitrogens is 1. The van der Waals surface area contributed by atoms with E-state index in [4.69, 9.17) is 15.6 Å². The predicted molar refractivity (Wildman–Crippen MR) is 155 cm³/mol. The van der Waals surface area contributed by atoms with Crippen LogP contribution in [0.5, 0.6) is 0 Å². The zero-order chi connectivity index (χ0) is 27.9. The number of benzene rings is 2. The van der Waals surface area contributed by atoms with Crippen LogP contribution < -0.4 is 11.1 Å². The van der Waals surface area contributed by atoms with Crippen molar-refractivity contribution in [2.45, 2.75) is 37.8 Å². The van der Waals surface area contributed by atoms with Crippen molar-refractivity contribution in [2.75, 3.05) is 37.4 Å². The van der Waals surface area contributed by atoms with Gasteiger partial charge in [0.15, 0.2) is 11.5 Å². The van der Waals surface area contributed by atoms with E-state index < -0.39 is 4.92 Å². The first kappa shape index (κ1) is 25.4. The standard InChI is InChI=1S/C28H30N10O3/c29-26-24-25(17-4-9-23-22(14-17)27(34-33-23)32-18-2-1-3-21(15-18)38(39)40)35-37(28(24)31-16-30-26)20-7-5-19(6-8-20)36-10-12-41-13-11-36/h1-4,9,14-16,19-20H,5-8,10-13H2,(H2,29,30,31)(H2,32,33,34)/t19-,20-. The number of anilines is 3. The number of aromatic amines is 1. The lowest BCUT2D eigenvalue weighted by atomic mass is 9.90. The molecule has 2 fully saturated rings. The van der Waals surface area contributed by atoms with Crippen LogP contribution in [0, 0.1) is 10.1 Å². The highest BCUT2D eigenvalue weighted by Crippen LogP contribution is 2.38. The normalized spacial score (nSPS) is 20.0. The minimum Gasteiger partial charge on any atom is -0.383 e. The van der Waals surface area contributed by atoms with E-state index in [2.05, 4.69) is 30.4 Å². The Morgan fingerprint density at radius 3 is 2.66 bits per heavy atom. The summed E-state index contributed by atoms with van der Waals surface area (Å²) in [5.74, 6) is 0.942. The van der Waals surface area contributed by atoms with Crippen LogP contribution in [0.3, 0.4) is 0 Å². The molecule has 0 spiro atoms. The monoisotopic (exact) mass is 554 g/mol. The van der Waals surface area contributed by atoms with E-state index in [0.29, 0.717) is 23.4 Å². The number of hydrogen-bond donors (Lipinski definition) is 3. The summed E-state index contributed by atoms with van der Waals surface area (Å²) in [6, 6.07) is 13.0. The Hall–Kier alpha value is -4.62. The van der Waals surface area contributed by atoms with Crippen molar-refractivity contribution in [1.82, 2.24) is 34.8 Å². The van der Waals surface area contributed by atoms with Gasteiger partial charge in [-0.3, -0.25) is 20.1 Å². The number of ether oxygens (including phenoxy) is 1. The van der Waals surface area contributed by atoms with Gasteiger partial charge >= 0.3 is 0 Å². The Labute approximate surface area is 234 Å². The molecule has 210 valence electrons. The van der Waals surface area contributed by atoms with Crippen molar-refractivity contribution < 1.29 is 9.66 Å². The molecular weight excluding hydrogens is 524 g/mol. The molecule has 5 aromatic rings. The van der Waals surface area contributed by atoms with E-state index >= 15 is 0 Å². The summed E-state index contributed by atoms with van der Waals surface area (Å²) in [7, 11) is 0. The molecule has 4 N–H and O–H groups in total. The van der Waals surface area contributed by atoms with Crippen LogP contribution in [0.4, 0.5) is 23.0 Å². The fraction of sp³-hybridized carbons (Fsp3) is 0.357. The first-order chi connectivity index (χ1) is 20.0. The molecule has 1 saturated carbocycles. The molecule has 0 amide bonds. The number of nitrogens with zero attached hydrogens (tertiary/aromatic N) is 7. The zero-order valence-corrected chi connectivity index (χ0v) is 22.4. The lowest BCUT2D eigenvalue weighted by Gasteiger charge is -2.38. The minimum absolute atomic E-state index is 0.00185. The molecule has 1 saturated heterocycles. The SMILES string of the molecule is Nc1ncnc2c1c(-c1ccc3[nH]nc(Nc4cccc([N+](=O)[O-])c4)c3c1)nn2[C@H]1CC[C@H](N2CCOCC2)CC1. The second-order valence-corrected chi connectivity index (χ2v) is 10.6. The molecule has 0 unspecified atom stereocenters. The molecule has 3 aromatic heterocycles. The average molecular weight is 555 g/mol. The first-order valence-corrected chi connectivity index (χ1v) is 13.9. The second-order valence-electron chi connectivity index (χ2n) is 10.6. The fourth-order valence-electron chi connectivity index (χ4n) is 6.15. The van der Waals surface area contributed by atoms with Crippen molar-refractivity contribution in [3.63, 3.8) is 0 Å². The number of fused-ring (bicyclic) bond motifs is 2. The lowest BCUT2D eigenvalue weighted by Crippen LogP contribution is -2.45. The van der Waals surface area contributed by atoms with Gasteiger partial charge in [-0.1, -0.05) is 12.1 Å². The number of morpholine rings is 1. The number of hydrogen-bond acceptors (Lipinski definition) is 10. The van der Waals surface area contributed by atoms with Crippen LogP contribution in [0.1, 0.15) is 31.7 Å². The van der Waals surface area contributed by atoms with Crippen LogP contribution in [0.2, 0.25) is 0 Å². The van der Waals surface area contributed by atoms with Gasteiger partial charge in [0.05, 0.1) is 35.1 Å². The molecule has 4 heterocycles. The number of nitro groups is 1. The highest BCUT2D eigenvalue weighted by molar-refractivity contribution is 6.01. The summed E-state index contributed by atoms with van der Waals surface area (Å²) in [6.07, 6.45) is 5.74. The van der Waals surface area contributed by atoms with E-state index in [0.717, 1.165) is 85.2 Å². The summed E-state index contributed by atoms with van der Waals surface area (Å²) in [6.45, 7) is 3.63. The van der Waals surface area contributed by atoms with Crippen LogP contribution in [0.25, 0.3) is 33.2 Å². The fourth-order valence-corrected chi connectivity index (χ4v) is 6.15. The van der Waals surface area contributed by atoms with Crippen LogP contribution in [-0.2, 0) is 4.74 Å². The Kier molecular flexibility index (Phi) is 6.44. The Morgan fingerprint density at radius 2 is 1.85 bits per heavy atom. The van der Waals surface area contributed by atoms with E-state index in [-0.39, 0.29) is 11.7 Å². The van der Waals surface area contributed by atoms with Gasteiger partial charge in [0, 0.05) is 47.9 Å². The highest BCUT2D eigenvalue weighted by atomic mass is 16.6. The summed E-state index contributed by atoms with van der Waals surface area (Å²) in [5, 5.41) is 28.5. The summed E-state index contributed by atoms with van der Waals surface area (Å²) in [4.78, 5) is 22.3. The third kappa shape index (κ3) is 4.72. The molecule has 2 aromatic carbocycles. The molecule has 1 aliphatic heterocycles. The van der Waals surface area contributed by atoms with E-state index in [1.807, 2.05) is 22.9 Å². The molecule has 41 heavy (non-hydrogen) atoms. The molecule has 0 atom stereocenters. The van der Waals surface area contributed by atoms with Gasteiger partial charge < -0.3 is 15.8 Å². The van der Waals surface area contributed by atoms with Crippen molar-refractivity contribution in [3.8, 4) is 11.3 Å². The van der Waals surface area contributed by atoms with Gasteiger partial charge in [-0.2, -0.15) is 10.2 Å². The number of nitro benzene ring substituents is 1. The van der Waals surface area contributed by atoms with Gasteiger partial charge in [-0.05, 0) is 43.9 Å². The Morgan fingerprint density at radius 1 is 1.05 bits per heavy atom. The smallest absolute Gasteiger partial charge is 0.271 e. The molecule has 13 heteroatoms. The number of rotatable bonds is 6. The zero-order valence-electron chi connectivity index (χ0n) is 22.4. The van der Waals surface area contributed by atoms with Crippen LogP contribution in [0.15, 0.2) is 48.8 Å². The maximum atomic E-state index is 11.2. The number of non-ortho nitro benzene ring substituents is 1. The predicted octanol–water partition coefficient (Wildman–Crippen LogP) is 4.42. The third-order valence-corrected chi connectivity index (χ3v) is 8.25. The molecule has 1 aliphatic carbocycles. The second kappa shape index (κ2) is 10.4. The number of aromatic nitrogens is 6. The Bertz CT molecular complexity index is 1730. The minimum atomic E-state index is -0.422. The maximum absolute atomic E-state index is 11.2. The largest absolute Gasteiger partial charge is 0.383 e. The number of nitrogens with one attached hydrogen (secondary N) is 2. The van der Waals surface area contributed by atoms with Crippen LogP contribution in [-0.4, -0.2) is 72.1 Å². The van der Waals surface area contributed by atoms with Crippen molar-refractivity contribution in [3.05, 3.63) is 58.9 Å². The Balaban J connectivity index is 1.21. The topological polar surface area (TPSA) is 166 Å². The quantitative estimate of drug-likeness (QED) is 0.202. The van der Waals surface area contributed by atoms with E-state index in [9.17, 15) is 10.1 Å². The van der Waals surface area contributed by atoms with Crippen LogP contribution >= 0.6 is 0 Å². The maximum Gasteiger partial charge on any atom is 0.271 e. The van der Waals surface area contributed by atoms with Gasteiger partial charge in [-0.25, -0.2) is 14.6 Å².